The summed E-state index contributed by atoms with van der Waals surface area (Å²) in [6, 6.07) is 2.86. The molecule has 0 aliphatic rings. The molecule has 0 bridgehead atoms. The SMILES string of the molecule is CC(C)CC(CC(C)C)OC(=O)c1ccc(OS(=O)(=O)C(F)(F)C(F)(F)C(F)(F)S(=O)(=O)O)cc1. The predicted octanol–water partition coefficient (Wildman–Crippen LogP) is 4.72. The molecule has 1 rings (SSSR count). The average Bonchev–Trinajstić information content (AvgIpc) is 2.65. The maximum Gasteiger partial charge on any atom is 0.450 e. The summed E-state index contributed by atoms with van der Waals surface area (Å²) in [6.07, 6.45) is 0.589. The van der Waals surface area contributed by atoms with Gasteiger partial charge in [-0.25, -0.2) is 4.79 Å². The van der Waals surface area contributed by atoms with E-state index in [1.54, 1.807) is 0 Å². The van der Waals surface area contributed by atoms with Crippen LogP contribution in [-0.4, -0.2) is 49.9 Å². The van der Waals surface area contributed by atoms with Crippen LogP contribution >= 0.6 is 0 Å². The largest absolute Gasteiger partial charge is 0.459 e. The molecule has 0 fully saturated rings. The Labute approximate surface area is 198 Å². The van der Waals surface area contributed by atoms with Crippen LogP contribution in [0.4, 0.5) is 26.3 Å². The third-order valence-electron chi connectivity index (χ3n) is 4.41. The van der Waals surface area contributed by atoms with E-state index in [0.717, 1.165) is 12.1 Å². The number of hydrogen-bond acceptors (Lipinski definition) is 7. The van der Waals surface area contributed by atoms with Gasteiger partial charge >= 0.3 is 42.6 Å². The van der Waals surface area contributed by atoms with Crippen molar-refractivity contribution in [2.24, 2.45) is 11.8 Å². The van der Waals surface area contributed by atoms with Crippen molar-refractivity contribution in [1.82, 2.24) is 0 Å². The Morgan fingerprint density at radius 1 is 0.857 bits per heavy atom. The topological polar surface area (TPSA) is 124 Å². The van der Waals surface area contributed by atoms with Crippen molar-refractivity contribution < 1.29 is 61.4 Å². The third-order valence-corrected chi connectivity index (χ3v) is 6.61. The van der Waals surface area contributed by atoms with Crippen LogP contribution in [0.15, 0.2) is 24.3 Å². The first-order chi connectivity index (χ1) is 15.6. The van der Waals surface area contributed by atoms with E-state index in [1.165, 1.54) is 0 Å². The smallest absolute Gasteiger partial charge is 0.450 e. The lowest BCUT2D eigenvalue weighted by Gasteiger charge is -2.29. The lowest BCUT2D eigenvalue weighted by atomic mass is 9.98. The van der Waals surface area contributed by atoms with Crippen LogP contribution in [0.3, 0.4) is 0 Å². The first-order valence-electron chi connectivity index (χ1n) is 9.92. The summed E-state index contributed by atoms with van der Waals surface area (Å²) >= 11 is 0. The van der Waals surface area contributed by atoms with E-state index in [9.17, 15) is 48.0 Å². The molecule has 8 nitrogen and oxygen atoms in total. The number of alkyl halides is 6. The summed E-state index contributed by atoms with van der Waals surface area (Å²) in [7, 11) is -14.1. The summed E-state index contributed by atoms with van der Waals surface area (Å²) in [4.78, 5) is 12.3. The summed E-state index contributed by atoms with van der Waals surface area (Å²) < 4.78 is 143. The number of hydrogen-bond donors (Lipinski definition) is 1. The van der Waals surface area contributed by atoms with E-state index in [4.69, 9.17) is 9.29 Å². The Morgan fingerprint density at radius 3 is 1.66 bits per heavy atom. The molecular weight excluding hydrogens is 534 g/mol. The molecule has 0 amide bonds. The quantitative estimate of drug-likeness (QED) is 0.169. The number of carbonyl (C=O) groups excluding carboxylic acids is 1. The van der Waals surface area contributed by atoms with Gasteiger partial charge in [-0.15, -0.1) is 0 Å². The van der Waals surface area contributed by atoms with E-state index in [2.05, 4.69) is 4.18 Å². The van der Waals surface area contributed by atoms with Crippen molar-refractivity contribution >= 4 is 26.2 Å². The highest BCUT2D eigenvalue weighted by Gasteiger charge is 2.83. The molecule has 0 atom stereocenters. The second-order valence-corrected chi connectivity index (χ2v) is 11.5. The van der Waals surface area contributed by atoms with Crippen molar-refractivity contribution in [3.63, 3.8) is 0 Å². The van der Waals surface area contributed by atoms with Crippen molar-refractivity contribution in [3.8, 4) is 5.75 Å². The molecule has 0 unspecified atom stereocenters. The van der Waals surface area contributed by atoms with Crippen LogP contribution in [-0.2, 0) is 25.0 Å². The van der Waals surface area contributed by atoms with Crippen molar-refractivity contribution in [1.29, 1.82) is 0 Å². The second-order valence-electron chi connectivity index (χ2n) is 8.43. The number of ether oxygens (including phenoxy) is 1. The molecule has 0 saturated carbocycles. The van der Waals surface area contributed by atoms with E-state index >= 15 is 0 Å². The molecule has 202 valence electrons. The van der Waals surface area contributed by atoms with Gasteiger partial charge in [0.15, 0.2) is 0 Å². The Hall–Kier alpha value is -2.07. The molecular formula is C19H24F6O8S2. The van der Waals surface area contributed by atoms with Gasteiger partial charge in [0.2, 0.25) is 0 Å². The van der Waals surface area contributed by atoms with Gasteiger partial charge in [-0.1, -0.05) is 27.7 Å². The minimum atomic E-state index is -7.15. The number of benzene rings is 1. The Kier molecular flexibility index (Phi) is 9.29. The average molecular weight is 559 g/mol. The summed E-state index contributed by atoms with van der Waals surface area (Å²) in [6.45, 7) is 7.61. The van der Waals surface area contributed by atoms with Gasteiger partial charge in [0.1, 0.15) is 11.9 Å². The van der Waals surface area contributed by atoms with E-state index in [0.29, 0.717) is 25.0 Å². The predicted molar refractivity (Wildman–Crippen MR) is 110 cm³/mol. The fraction of sp³-hybridized carbons (Fsp3) is 0.632. The molecule has 0 spiro atoms. The lowest BCUT2D eigenvalue weighted by molar-refractivity contribution is -0.247. The number of halogens is 6. The van der Waals surface area contributed by atoms with Gasteiger partial charge < -0.3 is 8.92 Å². The molecule has 35 heavy (non-hydrogen) atoms. The van der Waals surface area contributed by atoms with E-state index < -0.39 is 54.5 Å². The zero-order chi connectivity index (χ0) is 27.6. The molecule has 1 aromatic carbocycles. The maximum absolute atomic E-state index is 13.9. The van der Waals surface area contributed by atoms with Gasteiger partial charge in [0.05, 0.1) is 5.56 Å². The van der Waals surface area contributed by atoms with Crippen molar-refractivity contribution in [3.05, 3.63) is 29.8 Å². The van der Waals surface area contributed by atoms with Crippen molar-refractivity contribution in [2.45, 2.75) is 63.1 Å². The molecule has 0 heterocycles. The van der Waals surface area contributed by atoms with Gasteiger partial charge in [-0.05, 0) is 48.9 Å². The summed E-state index contributed by atoms with van der Waals surface area (Å²) in [5, 5.41) is -13.7. The Bertz CT molecular complexity index is 1090. The van der Waals surface area contributed by atoms with Gasteiger partial charge in [-0.3, -0.25) is 4.55 Å². The van der Waals surface area contributed by atoms with Crippen LogP contribution in [0.25, 0.3) is 0 Å². The molecule has 16 heteroatoms. The van der Waals surface area contributed by atoms with Crippen LogP contribution < -0.4 is 4.18 Å². The lowest BCUT2D eigenvalue weighted by Crippen LogP contribution is -2.61. The molecule has 1 N–H and O–H groups in total. The first kappa shape index (κ1) is 31.0. The Balaban J connectivity index is 3.13. The summed E-state index contributed by atoms with van der Waals surface area (Å²) in [5.41, 5.74) is -0.192. The highest BCUT2D eigenvalue weighted by Crippen LogP contribution is 2.50. The van der Waals surface area contributed by atoms with Crippen LogP contribution in [0.1, 0.15) is 50.9 Å². The van der Waals surface area contributed by atoms with Crippen LogP contribution in [0, 0.1) is 11.8 Å². The normalized spacial score (nSPS) is 14.0. The highest BCUT2D eigenvalue weighted by atomic mass is 32.2. The van der Waals surface area contributed by atoms with E-state index in [1.807, 2.05) is 27.7 Å². The van der Waals surface area contributed by atoms with Crippen molar-refractivity contribution in [2.75, 3.05) is 0 Å². The first-order valence-corrected chi connectivity index (χ1v) is 12.8. The Morgan fingerprint density at radius 2 is 1.29 bits per heavy atom. The molecule has 0 saturated heterocycles. The van der Waals surface area contributed by atoms with Gasteiger partial charge in [0, 0.05) is 0 Å². The van der Waals surface area contributed by atoms with Crippen LogP contribution in [0.5, 0.6) is 5.75 Å². The molecule has 1 aromatic rings. The van der Waals surface area contributed by atoms with Gasteiger partial charge in [0.25, 0.3) is 0 Å². The van der Waals surface area contributed by atoms with E-state index in [-0.39, 0.29) is 17.4 Å². The standard InChI is InChI=1S/C19H24F6O8S2/c1-11(2)9-15(10-12(3)4)32-16(26)13-5-7-14(8-6-13)33-35(30,31)19(24,25)17(20,21)18(22,23)34(27,28)29/h5-8,11-12,15H,9-10H2,1-4H3,(H,27,28,29). The maximum atomic E-state index is 13.9. The molecule has 0 aromatic heterocycles. The zero-order valence-electron chi connectivity index (χ0n) is 18.8. The number of esters is 1. The fourth-order valence-corrected chi connectivity index (χ4v) is 4.21. The molecule has 0 aliphatic heterocycles. The van der Waals surface area contributed by atoms with Gasteiger partial charge in [-0.2, -0.15) is 43.2 Å². The summed E-state index contributed by atoms with van der Waals surface area (Å²) in [5.74, 6) is -8.72. The zero-order valence-corrected chi connectivity index (χ0v) is 20.5. The minimum absolute atomic E-state index is 0.181. The number of rotatable bonds is 12. The van der Waals surface area contributed by atoms with Crippen LogP contribution in [0.2, 0.25) is 0 Å². The second kappa shape index (κ2) is 10.5. The number of carbonyl (C=O) groups is 1. The minimum Gasteiger partial charge on any atom is -0.459 e. The monoisotopic (exact) mass is 558 g/mol. The molecule has 0 radical (unpaired) electrons. The molecule has 0 aliphatic carbocycles. The third kappa shape index (κ3) is 6.78. The highest BCUT2D eigenvalue weighted by molar-refractivity contribution is 7.88. The fourth-order valence-electron chi connectivity index (χ4n) is 2.78.